The third kappa shape index (κ3) is 5.19. The summed E-state index contributed by atoms with van der Waals surface area (Å²) in [6, 6.07) is 64.2. The van der Waals surface area contributed by atoms with E-state index in [4.69, 9.17) is 0 Å². The van der Waals surface area contributed by atoms with E-state index >= 15 is 0 Å². The number of benzene rings is 8. The Morgan fingerprint density at radius 1 is 0.370 bits per heavy atom. The van der Waals surface area contributed by atoms with Crippen LogP contribution in [-0.2, 0) is 31.3 Å². The molecule has 10 aromatic rings. The second kappa shape index (κ2) is 13.9. The van der Waals surface area contributed by atoms with Crippen LogP contribution < -0.4 is 0 Å². The zero-order chi connectivity index (χ0) is 33.5. The molecule has 1 saturated carbocycles. The second-order valence-corrected chi connectivity index (χ2v) is 14.7. The molecule has 11 rings (SSSR count). The maximum absolute atomic E-state index is 2.51. The number of hydrogen-bond acceptors (Lipinski definition) is 0. The van der Waals surface area contributed by atoms with Crippen LogP contribution in [0.25, 0.3) is 86.9 Å². The van der Waals surface area contributed by atoms with Crippen LogP contribution in [0.15, 0.2) is 170 Å². The average Bonchev–Trinajstić information content (AvgIpc) is 3.93. The van der Waals surface area contributed by atoms with Crippen LogP contribution in [0.3, 0.4) is 0 Å². The average molecular weight is 857 g/mol. The normalized spacial score (nSPS) is 13.7. The van der Waals surface area contributed by atoms with E-state index < -0.39 is 0 Å². The van der Waals surface area contributed by atoms with E-state index in [1.165, 1.54) is 111 Å². The van der Waals surface area contributed by atoms with Crippen molar-refractivity contribution in [2.24, 2.45) is 0 Å². The Kier molecular flexibility index (Phi) is 9.27. The van der Waals surface area contributed by atoms with E-state index in [1.807, 2.05) is 0 Å². The zero-order valence-electron chi connectivity index (χ0n) is 31.0. The van der Waals surface area contributed by atoms with Crippen molar-refractivity contribution in [2.75, 3.05) is 0 Å². The fraction of sp³-hybridized carbons (Fsp3) is 0.0943. The minimum absolute atomic E-state index is 0. The van der Waals surface area contributed by atoms with Crippen molar-refractivity contribution in [1.82, 2.24) is 0 Å². The fourth-order valence-corrected chi connectivity index (χ4v) is 10.1. The van der Waals surface area contributed by atoms with Crippen molar-refractivity contribution >= 4 is 64.6 Å². The number of fused-ring (bicyclic) bond motifs is 8. The Bertz CT molecular complexity index is 2780. The predicted octanol–water partition coefficient (Wildman–Crippen LogP) is 15.1. The Labute approximate surface area is 337 Å². The van der Waals surface area contributed by atoms with E-state index in [2.05, 4.69) is 170 Å². The van der Waals surface area contributed by atoms with Crippen molar-refractivity contribution in [1.29, 1.82) is 0 Å². The molecular formula is C53H42Hf. The monoisotopic (exact) mass is 858 g/mol. The summed E-state index contributed by atoms with van der Waals surface area (Å²) >= 11 is 0. The van der Waals surface area contributed by atoms with Crippen molar-refractivity contribution in [3.05, 3.63) is 196 Å². The Morgan fingerprint density at radius 3 is 1.20 bits per heavy atom. The first-order chi connectivity index (χ1) is 25.3. The quantitative estimate of drug-likeness (QED) is 0.0940. The molecule has 10 aromatic carbocycles. The van der Waals surface area contributed by atoms with E-state index in [0.717, 1.165) is 12.8 Å². The maximum Gasteiger partial charge on any atom is 4.00 e. The summed E-state index contributed by atoms with van der Waals surface area (Å²) < 4.78 is 0. The van der Waals surface area contributed by atoms with E-state index in [0.29, 0.717) is 0 Å². The van der Waals surface area contributed by atoms with Crippen molar-refractivity contribution in [2.45, 2.75) is 31.1 Å². The largest absolute Gasteiger partial charge is 4.00 e. The van der Waals surface area contributed by atoms with Gasteiger partial charge in [0.1, 0.15) is 0 Å². The van der Waals surface area contributed by atoms with Gasteiger partial charge in [0.05, 0.1) is 0 Å². The smallest absolute Gasteiger partial charge is 0.358 e. The summed E-state index contributed by atoms with van der Waals surface area (Å²) in [6.07, 6.45) is 4.70. The molecule has 1 aliphatic rings. The van der Waals surface area contributed by atoms with Gasteiger partial charge >= 0.3 is 25.8 Å². The molecule has 54 heavy (non-hydrogen) atoms. The minimum atomic E-state index is -0.156. The first-order valence-electron chi connectivity index (χ1n) is 18.5. The van der Waals surface area contributed by atoms with Crippen LogP contribution in [0, 0.1) is 14.9 Å². The number of rotatable bonds is 4. The van der Waals surface area contributed by atoms with Crippen molar-refractivity contribution < 1.29 is 25.8 Å². The van der Waals surface area contributed by atoms with Crippen LogP contribution in [0.2, 0.25) is 0 Å². The first kappa shape index (κ1) is 35.9. The van der Waals surface area contributed by atoms with Gasteiger partial charge < -0.3 is 14.9 Å². The Hall–Kier alpha value is -5.11. The Morgan fingerprint density at radius 2 is 0.741 bits per heavy atom. The van der Waals surface area contributed by atoms with Gasteiger partial charge in [-0.15, -0.1) is 68.1 Å². The van der Waals surface area contributed by atoms with Crippen molar-refractivity contribution in [3.8, 4) is 22.3 Å². The second-order valence-electron chi connectivity index (χ2n) is 14.7. The topological polar surface area (TPSA) is 0 Å². The summed E-state index contributed by atoms with van der Waals surface area (Å²) in [5.74, 6) is 0. The van der Waals surface area contributed by atoms with Crippen LogP contribution in [0.1, 0.15) is 36.8 Å². The molecule has 0 amide bonds. The van der Waals surface area contributed by atoms with Gasteiger partial charge in [-0.2, -0.15) is 0 Å². The summed E-state index contributed by atoms with van der Waals surface area (Å²) in [7, 11) is 0. The van der Waals surface area contributed by atoms with Gasteiger partial charge in [-0.05, 0) is 48.5 Å². The molecule has 0 heterocycles. The summed E-state index contributed by atoms with van der Waals surface area (Å²) in [5.41, 5.74) is 8.33. The predicted molar refractivity (Wildman–Crippen MR) is 232 cm³/mol. The van der Waals surface area contributed by atoms with E-state index in [9.17, 15) is 0 Å². The summed E-state index contributed by atoms with van der Waals surface area (Å²) in [4.78, 5) is 0. The molecule has 0 N–H and O–H groups in total. The van der Waals surface area contributed by atoms with Crippen LogP contribution in [0.4, 0.5) is 0 Å². The molecule has 0 spiro atoms. The molecule has 1 aliphatic carbocycles. The van der Waals surface area contributed by atoms with Crippen molar-refractivity contribution in [3.63, 3.8) is 0 Å². The van der Waals surface area contributed by atoms with Gasteiger partial charge in [0.15, 0.2) is 0 Å². The van der Waals surface area contributed by atoms with Crippen LogP contribution >= 0.6 is 0 Å². The molecule has 258 valence electrons. The van der Waals surface area contributed by atoms with Gasteiger partial charge in [-0.25, -0.2) is 0 Å². The molecule has 0 atom stereocenters. The fourth-order valence-electron chi connectivity index (χ4n) is 10.1. The molecule has 0 unspecified atom stereocenters. The SMILES string of the molecule is [CH3-].[CH3-].[Hf+4].c1ccc2c(c1)ccc1cccc(-c3[cH-]c4ccccc4c3C3(c4c(-c5cccc6ccc7ccccc7c56)[cH-]c5ccccc45)CCCC3)c12. The van der Waals surface area contributed by atoms with Gasteiger partial charge in [-0.3, -0.25) is 0 Å². The molecule has 0 aromatic heterocycles. The zero-order valence-corrected chi connectivity index (χ0v) is 34.6. The summed E-state index contributed by atoms with van der Waals surface area (Å²) in [5, 5.41) is 16.0. The van der Waals surface area contributed by atoms with Crippen LogP contribution in [-0.4, -0.2) is 0 Å². The van der Waals surface area contributed by atoms with E-state index in [-0.39, 0.29) is 46.1 Å². The van der Waals surface area contributed by atoms with Crippen LogP contribution in [0.5, 0.6) is 0 Å². The van der Waals surface area contributed by atoms with Gasteiger partial charge in [0.25, 0.3) is 0 Å². The standard InChI is InChI=1S/C51H36.2CH3.Hf/c1-5-19-39-33(13-1)25-27-35-17-11-23-43(47(35)39)45-31-37-15-3-7-21-41(37)49(45)51(29-9-10-30-51)50-42-22-8-4-16-38(42)32-46(50)44-24-12-18-36-28-26-34-14-2-6-20-40(34)48(36)44;;;/h1-8,11-28,31-32H,9-10,29-30H2;2*1H3;/q-2;2*-1;+4. The first-order valence-corrected chi connectivity index (χ1v) is 18.5. The molecule has 1 heteroatoms. The molecule has 0 bridgehead atoms. The van der Waals surface area contributed by atoms with Gasteiger partial charge in [-0.1, -0.05) is 182 Å². The maximum atomic E-state index is 2.51. The Balaban J connectivity index is 0.00000138. The van der Waals surface area contributed by atoms with Gasteiger partial charge in [0, 0.05) is 0 Å². The van der Waals surface area contributed by atoms with Gasteiger partial charge in [0.2, 0.25) is 0 Å². The molecular weight excluding hydrogens is 815 g/mol. The molecule has 0 aliphatic heterocycles. The molecule has 0 saturated heterocycles. The molecule has 0 nitrogen and oxygen atoms in total. The third-order valence-electron chi connectivity index (χ3n) is 12.1. The number of hydrogen-bond donors (Lipinski definition) is 0. The molecule has 1 fully saturated rings. The summed E-state index contributed by atoms with van der Waals surface area (Å²) in [6.45, 7) is 0. The third-order valence-corrected chi connectivity index (χ3v) is 12.1. The van der Waals surface area contributed by atoms with E-state index in [1.54, 1.807) is 0 Å². The minimum Gasteiger partial charge on any atom is -0.358 e. The molecule has 0 radical (unpaired) electrons.